The van der Waals surface area contributed by atoms with Gasteiger partial charge in [-0.2, -0.15) is 0 Å². The van der Waals surface area contributed by atoms with E-state index < -0.39 is 5.54 Å². The molecule has 1 heterocycles. The Kier molecular flexibility index (Phi) is 4.69. The fourth-order valence-electron chi connectivity index (χ4n) is 3.17. The van der Waals surface area contributed by atoms with Gasteiger partial charge in [-0.25, -0.2) is 0 Å². The summed E-state index contributed by atoms with van der Waals surface area (Å²) in [7, 11) is 0. The van der Waals surface area contributed by atoms with Gasteiger partial charge in [0.1, 0.15) is 0 Å². The van der Waals surface area contributed by atoms with Crippen molar-refractivity contribution in [1.29, 1.82) is 0 Å². The molecular formula is C21H26N2OS. The smallest absolute Gasteiger partial charge is 0.158 e. The first-order valence-electron chi connectivity index (χ1n) is 8.68. The van der Waals surface area contributed by atoms with Crippen LogP contribution in [0.15, 0.2) is 58.3 Å². The standard InChI is InChI=1S/C21H26N2OS/c1-20(2,22)14-13-19(24)21(3,4)23-15-9-5-7-11-17(15)25-18-12-8-6-10-16(18)23/h5-12H,13-14,22H2,1-4H3. The average Bonchev–Trinajstić information content (AvgIpc) is 2.56. The number of carbonyl (C=O) groups is 1. The molecule has 0 unspecified atom stereocenters. The highest BCUT2D eigenvalue weighted by Gasteiger charge is 2.39. The number of hydrogen-bond acceptors (Lipinski definition) is 4. The van der Waals surface area contributed by atoms with E-state index in [1.54, 1.807) is 11.8 Å². The van der Waals surface area contributed by atoms with E-state index in [1.807, 2.05) is 52.0 Å². The zero-order valence-electron chi connectivity index (χ0n) is 15.4. The number of anilines is 2. The van der Waals surface area contributed by atoms with Gasteiger partial charge in [0.2, 0.25) is 0 Å². The van der Waals surface area contributed by atoms with E-state index in [4.69, 9.17) is 5.73 Å². The van der Waals surface area contributed by atoms with Crippen LogP contribution < -0.4 is 10.6 Å². The first kappa shape index (κ1) is 18.0. The summed E-state index contributed by atoms with van der Waals surface area (Å²) in [6.07, 6.45) is 1.16. The van der Waals surface area contributed by atoms with Gasteiger partial charge in [-0.1, -0.05) is 36.0 Å². The Morgan fingerprint density at radius 2 is 1.44 bits per heavy atom. The molecule has 0 aliphatic carbocycles. The van der Waals surface area contributed by atoms with Gasteiger partial charge in [-0.15, -0.1) is 0 Å². The van der Waals surface area contributed by atoms with Crippen molar-refractivity contribution in [2.75, 3.05) is 4.90 Å². The van der Waals surface area contributed by atoms with Gasteiger partial charge < -0.3 is 10.6 Å². The Labute approximate surface area is 154 Å². The zero-order valence-corrected chi connectivity index (χ0v) is 16.2. The van der Waals surface area contributed by atoms with Crippen molar-refractivity contribution in [2.24, 2.45) is 5.73 Å². The van der Waals surface area contributed by atoms with Gasteiger partial charge in [-0.3, -0.25) is 4.79 Å². The van der Waals surface area contributed by atoms with E-state index in [-0.39, 0.29) is 11.3 Å². The SMILES string of the molecule is CC(C)(N)CCC(=O)C(C)(C)N1c2ccccc2Sc2ccccc21. The molecular weight excluding hydrogens is 328 g/mol. The van der Waals surface area contributed by atoms with Gasteiger partial charge in [0.15, 0.2) is 5.78 Å². The van der Waals surface area contributed by atoms with E-state index in [0.29, 0.717) is 12.8 Å². The number of para-hydroxylation sites is 2. The van der Waals surface area contributed by atoms with Crippen molar-refractivity contribution >= 4 is 28.9 Å². The third kappa shape index (κ3) is 3.60. The molecule has 1 aliphatic heterocycles. The molecule has 0 saturated heterocycles. The predicted molar refractivity (Wildman–Crippen MR) is 106 cm³/mol. The maximum absolute atomic E-state index is 13.1. The van der Waals surface area contributed by atoms with E-state index in [9.17, 15) is 4.79 Å². The van der Waals surface area contributed by atoms with Crippen molar-refractivity contribution in [3.8, 4) is 0 Å². The lowest BCUT2D eigenvalue weighted by Crippen LogP contribution is -2.49. The molecule has 0 saturated carbocycles. The topological polar surface area (TPSA) is 46.3 Å². The Balaban J connectivity index is 2.02. The first-order valence-corrected chi connectivity index (χ1v) is 9.50. The van der Waals surface area contributed by atoms with E-state index in [2.05, 4.69) is 29.2 Å². The maximum Gasteiger partial charge on any atom is 0.158 e. The number of rotatable bonds is 5. The van der Waals surface area contributed by atoms with Crippen molar-refractivity contribution in [1.82, 2.24) is 0 Å². The Bertz CT molecular complexity index is 747. The van der Waals surface area contributed by atoms with E-state index >= 15 is 0 Å². The number of Topliss-reactive ketones (excluding diaryl/α,β-unsaturated/α-hetero) is 1. The van der Waals surface area contributed by atoms with Gasteiger partial charge in [-0.05, 0) is 58.4 Å². The quantitative estimate of drug-likeness (QED) is 0.806. The summed E-state index contributed by atoms with van der Waals surface area (Å²) < 4.78 is 0. The number of fused-ring (bicyclic) bond motifs is 2. The number of ketones is 1. The summed E-state index contributed by atoms with van der Waals surface area (Å²) in [5.41, 5.74) is 7.30. The summed E-state index contributed by atoms with van der Waals surface area (Å²) in [6, 6.07) is 16.6. The van der Waals surface area contributed by atoms with Gasteiger partial charge in [0.25, 0.3) is 0 Å². The number of nitrogens with two attached hydrogens (primary N) is 1. The van der Waals surface area contributed by atoms with Crippen molar-refractivity contribution in [2.45, 2.75) is 61.4 Å². The van der Waals surface area contributed by atoms with Crippen LogP contribution in [0, 0.1) is 0 Å². The predicted octanol–water partition coefficient (Wildman–Crippen LogP) is 5.15. The van der Waals surface area contributed by atoms with Crippen molar-refractivity contribution in [3.05, 3.63) is 48.5 Å². The van der Waals surface area contributed by atoms with Crippen LogP contribution in [0.5, 0.6) is 0 Å². The molecule has 132 valence electrons. The molecule has 0 aromatic heterocycles. The third-order valence-corrected chi connectivity index (χ3v) is 5.80. The number of carbonyl (C=O) groups excluding carboxylic acids is 1. The number of nitrogens with zero attached hydrogens (tertiary/aromatic N) is 1. The van der Waals surface area contributed by atoms with Crippen LogP contribution in [-0.2, 0) is 4.79 Å². The van der Waals surface area contributed by atoms with Crippen molar-refractivity contribution in [3.63, 3.8) is 0 Å². The minimum Gasteiger partial charge on any atom is -0.327 e. The van der Waals surface area contributed by atoms with Gasteiger partial charge in [0, 0.05) is 21.8 Å². The average molecular weight is 355 g/mol. The highest BCUT2D eigenvalue weighted by Crippen LogP contribution is 2.50. The largest absolute Gasteiger partial charge is 0.327 e. The molecule has 0 atom stereocenters. The molecule has 3 rings (SSSR count). The fraction of sp³-hybridized carbons (Fsp3) is 0.381. The number of hydrogen-bond donors (Lipinski definition) is 1. The summed E-state index contributed by atoms with van der Waals surface area (Å²) in [4.78, 5) is 17.7. The van der Waals surface area contributed by atoms with Crippen LogP contribution in [0.4, 0.5) is 11.4 Å². The van der Waals surface area contributed by atoms with Crippen LogP contribution in [0.3, 0.4) is 0 Å². The first-order chi connectivity index (χ1) is 11.7. The second-order valence-electron chi connectivity index (χ2n) is 7.84. The Morgan fingerprint density at radius 3 is 1.92 bits per heavy atom. The number of benzene rings is 2. The van der Waals surface area contributed by atoms with E-state index in [1.165, 1.54) is 9.79 Å². The molecule has 2 aromatic carbocycles. The molecule has 2 N–H and O–H groups in total. The van der Waals surface area contributed by atoms with E-state index in [0.717, 1.165) is 11.4 Å². The monoisotopic (exact) mass is 354 g/mol. The molecule has 0 radical (unpaired) electrons. The van der Waals surface area contributed by atoms with Crippen molar-refractivity contribution < 1.29 is 4.79 Å². The van der Waals surface area contributed by atoms with Crippen LogP contribution >= 0.6 is 11.8 Å². The summed E-state index contributed by atoms with van der Waals surface area (Å²) in [5.74, 6) is 0.211. The molecule has 4 heteroatoms. The lowest BCUT2D eigenvalue weighted by atomic mass is 9.88. The molecule has 0 spiro atoms. The highest BCUT2D eigenvalue weighted by atomic mass is 32.2. The lowest BCUT2D eigenvalue weighted by Gasteiger charge is -2.43. The van der Waals surface area contributed by atoms with Crippen LogP contribution in [-0.4, -0.2) is 16.9 Å². The second kappa shape index (κ2) is 6.50. The van der Waals surface area contributed by atoms with Gasteiger partial charge in [0.05, 0.1) is 16.9 Å². The Morgan fingerprint density at radius 1 is 0.960 bits per heavy atom. The van der Waals surface area contributed by atoms with Crippen LogP contribution in [0.1, 0.15) is 40.5 Å². The zero-order chi connectivity index (χ0) is 18.2. The highest BCUT2D eigenvalue weighted by molar-refractivity contribution is 7.99. The minimum absolute atomic E-state index is 0.211. The summed E-state index contributed by atoms with van der Waals surface area (Å²) in [5, 5.41) is 0. The summed E-state index contributed by atoms with van der Waals surface area (Å²) >= 11 is 1.76. The summed E-state index contributed by atoms with van der Waals surface area (Å²) in [6.45, 7) is 7.97. The Hall–Kier alpha value is -1.78. The second-order valence-corrected chi connectivity index (χ2v) is 8.93. The molecule has 3 nitrogen and oxygen atoms in total. The van der Waals surface area contributed by atoms with Gasteiger partial charge >= 0.3 is 0 Å². The molecule has 0 fully saturated rings. The molecule has 2 aromatic rings. The van der Waals surface area contributed by atoms with Crippen LogP contribution in [0.25, 0.3) is 0 Å². The minimum atomic E-state index is -0.640. The molecule has 25 heavy (non-hydrogen) atoms. The third-order valence-electron chi connectivity index (χ3n) is 4.67. The fourth-order valence-corrected chi connectivity index (χ4v) is 4.23. The molecule has 0 amide bonds. The van der Waals surface area contributed by atoms with Crippen LogP contribution in [0.2, 0.25) is 0 Å². The normalized spacial score (nSPS) is 14.0. The lowest BCUT2D eigenvalue weighted by molar-refractivity contribution is -0.123. The maximum atomic E-state index is 13.1. The molecule has 1 aliphatic rings. The molecule has 0 bridgehead atoms.